The monoisotopic (exact) mass is 280 g/mol. The first-order valence-corrected chi connectivity index (χ1v) is 6.96. The minimum absolute atomic E-state index is 0.159. The van der Waals surface area contributed by atoms with Gasteiger partial charge in [-0.1, -0.05) is 19.0 Å². The summed E-state index contributed by atoms with van der Waals surface area (Å²) in [5.74, 6) is 0.918. The number of amides is 1. The Morgan fingerprint density at radius 2 is 2.05 bits per heavy atom. The van der Waals surface area contributed by atoms with Crippen molar-refractivity contribution in [1.29, 1.82) is 0 Å². The van der Waals surface area contributed by atoms with Gasteiger partial charge in [-0.05, 0) is 34.1 Å². The van der Waals surface area contributed by atoms with E-state index in [-0.39, 0.29) is 17.0 Å². The van der Waals surface area contributed by atoms with Gasteiger partial charge in [0.15, 0.2) is 0 Å². The topological polar surface area (TPSA) is 64.4 Å². The highest BCUT2D eigenvalue weighted by molar-refractivity contribution is 5.69. The summed E-state index contributed by atoms with van der Waals surface area (Å²) in [5.41, 5.74) is 0.0467. The highest BCUT2D eigenvalue weighted by Gasteiger charge is 2.44. The van der Waals surface area contributed by atoms with E-state index in [1.807, 2.05) is 27.7 Å². The van der Waals surface area contributed by atoms with Crippen LogP contribution in [-0.2, 0) is 16.6 Å². The van der Waals surface area contributed by atoms with Crippen LogP contribution in [0.15, 0.2) is 10.7 Å². The molecule has 1 N–H and O–H groups in total. The van der Waals surface area contributed by atoms with Crippen LogP contribution in [0.5, 0.6) is 0 Å². The van der Waals surface area contributed by atoms with Crippen LogP contribution in [-0.4, -0.2) is 22.4 Å². The van der Waals surface area contributed by atoms with Gasteiger partial charge in [0.25, 0.3) is 0 Å². The van der Waals surface area contributed by atoms with Gasteiger partial charge in [0, 0.05) is 22.9 Å². The lowest BCUT2D eigenvalue weighted by Gasteiger charge is -2.41. The molecule has 0 aliphatic heterocycles. The summed E-state index contributed by atoms with van der Waals surface area (Å²) in [4.78, 5) is 12.0. The van der Waals surface area contributed by atoms with Crippen LogP contribution in [0.25, 0.3) is 0 Å². The molecule has 0 radical (unpaired) electrons. The van der Waals surface area contributed by atoms with E-state index in [2.05, 4.69) is 24.3 Å². The molecule has 20 heavy (non-hydrogen) atoms. The minimum Gasteiger partial charge on any atom is -0.444 e. The van der Waals surface area contributed by atoms with Crippen molar-refractivity contribution in [1.82, 2.24) is 10.5 Å². The Kier molecular flexibility index (Phi) is 3.35. The second-order valence-electron chi connectivity index (χ2n) is 7.61. The van der Waals surface area contributed by atoms with Gasteiger partial charge in [-0.15, -0.1) is 0 Å². The van der Waals surface area contributed by atoms with E-state index in [0.29, 0.717) is 6.42 Å². The fourth-order valence-corrected chi connectivity index (χ4v) is 3.12. The number of aromatic nitrogens is 1. The molecule has 1 aromatic rings. The second kappa shape index (κ2) is 4.50. The lowest BCUT2D eigenvalue weighted by Crippen LogP contribution is -2.54. The molecular weight excluding hydrogens is 256 g/mol. The molecule has 1 aliphatic rings. The molecule has 1 aliphatic carbocycles. The lowest BCUT2D eigenvalue weighted by atomic mass is 9.69. The number of alkyl carbamates (subject to hydrolysis) is 1. The highest BCUT2D eigenvalue weighted by atomic mass is 16.6. The Morgan fingerprint density at radius 3 is 2.65 bits per heavy atom. The molecule has 0 saturated carbocycles. The zero-order chi connectivity index (χ0) is 15.2. The third-order valence-electron chi connectivity index (χ3n) is 3.47. The van der Waals surface area contributed by atoms with Gasteiger partial charge in [-0.3, -0.25) is 0 Å². The summed E-state index contributed by atoms with van der Waals surface area (Å²) in [6.07, 6.45) is 2.84. The normalized spacial score (nSPS) is 24.9. The molecule has 1 aromatic heterocycles. The first-order valence-electron chi connectivity index (χ1n) is 6.96. The Morgan fingerprint density at radius 1 is 1.40 bits per heavy atom. The number of hydrogen-bond donors (Lipinski definition) is 1. The van der Waals surface area contributed by atoms with E-state index < -0.39 is 5.60 Å². The predicted octanol–water partition coefficient (Wildman–Crippen LogP) is 3.18. The number of fused-ring (bicyclic) bond motifs is 1. The number of nitrogens with one attached hydrogen (secondary N) is 1. The maximum atomic E-state index is 12.0. The average Bonchev–Trinajstić information content (AvgIpc) is 2.59. The standard InChI is InChI=1S/C15H24N2O3/c1-13(2,3)19-12(18)17-15(6)7-10-8-16-20-11(10)14(4,5)9-15/h8H,7,9H2,1-6H3,(H,17,18). The van der Waals surface area contributed by atoms with Gasteiger partial charge in [-0.25, -0.2) is 4.79 Å². The van der Waals surface area contributed by atoms with Gasteiger partial charge >= 0.3 is 6.09 Å². The molecule has 0 aromatic carbocycles. The number of rotatable bonds is 1. The van der Waals surface area contributed by atoms with E-state index in [9.17, 15) is 4.79 Å². The third kappa shape index (κ3) is 3.14. The van der Waals surface area contributed by atoms with Gasteiger partial charge < -0.3 is 14.6 Å². The fraction of sp³-hybridized carbons (Fsp3) is 0.733. The number of nitrogens with zero attached hydrogens (tertiary/aromatic N) is 1. The molecule has 0 bridgehead atoms. The molecule has 1 heterocycles. The van der Waals surface area contributed by atoms with Gasteiger partial charge in [-0.2, -0.15) is 0 Å². The van der Waals surface area contributed by atoms with Crippen LogP contribution in [0.1, 0.15) is 59.3 Å². The number of ether oxygens (including phenoxy) is 1. The van der Waals surface area contributed by atoms with Crippen molar-refractivity contribution < 1.29 is 14.1 Å². The molecule has 1 unspecified atom stereocenters. The van der Waals surface area contributed by atoms with Gasteiger partial charge in [0.1, 0.15) is 11.4 Å². The van der Waals surface area contributed by atoms with Crippen molar-refractivity contribution in [2.75, 3.05) is 0 Å². The van der Waals surface area contributed by atoms with E-state index in [1.165, 1.54) is 0 Å². The molecule has 0 spiro atoms. The zero-order valence-corrected chi connectivity index (χ0v) is 13.2. The van der Waals surface area contributed by atoms with Crippen molar-refractivity contribution in [3.05, 3.63) is 17.5 Å². The SMILES string of the molecule is CC1(NC(=O)OC(C)(C)C)Cc2cnoc2C(C)(C)C1. The van der Waals surface area contributed by atoms with Crippen LogP contribution >= 0.6 is 0 Å². The third-order valence-corrected chi connectivity index (χ3v) is 3.47. The van der Waals surface area contributed by atoms with Gasteiger partial charge in [0.2, 0.25) is 0 Å². The van der Waals surface area contributed by atoms with Gasteiger partial charge in [0.05, 0.1) is 6.20 Å². The van der Waals surface area contributed by atoms with E-state index in [1.54, 1.807) is 6.20 Å². The molecule has 5 heteroatoms. The Bertz CT molecular complexity index is 513. The fourth-order valence-electron chi connectivity index (χ4n) is 3.12. The van der Waals surface area contributed by atoms with Crippen molar-refractivity contribution in [2.24, 2.45) is 0 Å². The predicted molar refractivity (Wildman–Crippen MR) is 75.6 cm³/mol. The molecular formula is C15H24N2O3. The molecule has 0 fully saturated rings. The average molecular weight is 280 g/mol. The Hall–Kier alpha value is -1.52. The number of carbonyl (C=O) groups excluding carboxylic acids is 1. The first kappa shape index (κ1) is 14.9. The van der Waals surface area contributed by atoms with E-state index in [0.717, 1.165) is 17.7 Å². The molecule has 0 saturated heterocycles. The van der Waals surface area contributed by atoms with Crippen LogP contribution in [0, 0.1) is 0 Å². The van der Waals surface area contributed by atoms with Crippen LogP contribution in [0.4, 0.5) is 4.79 Å². The summed E-state index contributed by atoms with van der Waals surface area (Å²) in [6, 6.07) is 0. The van der Waals surface area contributed by atoms with Crippen LogP contribution < -0.4 is 5.32 Å². The summed E-state index contributed by atoms with van der Waals surface area (Å²) in [7, 11) is 0. The summed E-state index contributed by atoms with van der Waals surface area (Å²) < 4.78 is 10.7. The summed E-state index contributed by atoms with van der Waals surface area (Å²) >= 11 is 0. The Labute approximate surface area is 120 Å². The quantitative estimate of drug-likeness (QED) is 0.858. The highest BCUT2D eigenvalue weighted by Crippen LogP contribution is 2.41. The molecule has 1 atom stereocenters. The maximum Gasteiger partial charge on any atom is 0.408 e. The molecule has 1 amide bonds. The number of hydrogen-bond acceptors (Lipinski definition) is 4. The number of carbonyl (C=O) groups is 1. The van der Waals surface area contributed by atoms with Crippen molar-refractivity contribution >= 4 is 6.09 Å². The van der Waals surface area contributed by atoms with Crippen molar-refractivity contribution in [3.63, 3.8) is 0 Å². The van der Waals surface area contributed by atoms with Crippen molar-refractivity contribution in [2.45, 2.75) is 70.9 Å². The molecule has 5 nitrogen and oxygen atoms in total. The van der Waals surface area contributed by atoms with Crippen molar-refractivity contribution in [3.8, 4) is 0 Å². The molecule has 112 valence electrons. The largest absolute Gasteiger partial charge is 0.444 e. The summed E-state index contributed by atoms with van der Waals surface area (Å²) in [6.45, 7) is 11.8. The second-order valence-corrected chi connectivity index (χ2v) is 7.61. The van der Waals surface area contributed by atoms with Crippen LogP contribution in [0.2, 0.25) is 0 Å². The van der Waals surface area contributed by atoms with E-state index >= 15 is 0 Å². The Balaban J connectivity index is 2.15. The molecule has 2 rings (SSSR count). The smallest absolute Gasteiger partial charge is 0.408 e. The maximum absolute atomic E-state index is 12.0. The zero-order valence-electron chi connectivity index (χ0n) is 13.2. The lowest BCUT2D eigenvalue weighted by molar-refractivity contribution is 0.0433. The first-order chi connectivity index (χ1) is 9.01. The van der Waals surface area contributed by atoms with E-state index in [4.69, 9.17) is 9.26 Å². The minimum atomic E-state index is -0.493. The van der Waals surface area contributed by atoms with Crippen LogP contribution in [0.3, 0.4) is 0 Å². The summed E-state index contributed by atoms with van der Waals surface area (Å²) in [5, 5.41) is 6.89.